The summed E-state index contributed by atoms with van der Waals surface area (Å²) in [4.78, 5) is 41.9. The maximum atomic E-state index is 12.6. The van der Waals surface area contributed by atoms with Crippen LogP contribution < -0.4 is 5.32 Å². The Balaban J connectivity index is -0.000000827. The monoisotopic (exact) mass is 2030 g/mol. The summed E-state index contributed by atoms with van der Waals surface area (Å²) < 4.78 is 94.8. The summed E-state index contributed by atoms with van der Waals surface area (Å²) in [5, 5.41) is 37.1. The van der Waals surface area contributed by atoms with Crippen LogP contribution in [0.15, 0.2) is 131 Å². The normalized spacial score (nSPS) is 16.3. The fraction of sp³-hybridized carbons (Fsp3) is 0.755. The minimum Gasteiger partial charge on any atom is -0.481 e. The van der Waals surface area contributed by atoms with Gasteiger partial charge in [0.2, 0.25) is 0 Å². The largest absolute Gasteiger partial charge is 0.481 e. The number of hydrogen-bond acceptors (Lipinski definition) is 23. The van der Waals surface area contributed by atoms with Crippen molar-refractivity contribution in [3.63, 3.8) is 0 Å². The average Bonchev–Trinajstić information content (AvgIpc) is 0.896. The van der Waals surface area contributed by atoms with E-state index in [-0.39, 0.29) is 84.7 Å². The average molecular weight is 2030 g/mol. The summed E-state index contributed by atoms with van der Waals surface area (Å²) in [6.07, 6.45) is 75.2. The molecule has 5 rings (SSSR count). The zero-order valence-electron chi connectivity index (χ0n) is 89.8. The van der Waals surface area contributed by atoms with Gasteiger partial charge < -0.3 is 78.3 Å². The summed E-state index contributed by atoms with van der Waals surface area (Å²) in [5.74, 6) is -2.38. The molecule has 5 N–H and O–H groups in total. The Morgan fingerprint density at radius 2 is 0.739 bits per heavy atom. The minimum absolute atomic E-state index is 0. The van der Waals surface area contributed by atoms with Crippen LogP contribution in [0.3, 0.4) is 0 Å². The van der Waals surface area contributed by atoms with Crippen molar-refractivity contribution in [2.75, 3.05) is 122 Å². The highest BCUT2D eigenvalue weighted by Crippen LogP contribution is 2.28. The van der Waals surface area contributed by atoms with Crippen LogP contribution in [0.1, 0.15) is 369 Å². The van der Waals surface area contributed by atoms with Crippen LogP contribution in [-0.4, -0.2) is 240 Å². The lowest BCUT2D eigenvalue weighted by Crippen LogP contribution is -2.26. The highest BCUT2D eigenvalue weighted by atomic mass is 35.7. The first-order valence-corrected chi connectivity index (χ1v) is 55.8. The van der Waals surface area contributed by atoms with Crippen molar-refractivity contribution in [1.82, 2.24) is 20.0 Å². The second-order valence-corrected chi connectivity index (χ2v) is 42.1. The number of carbonyl (C=O) groups is 3. The van der Waals surface area contributed by atoms with Crippen molar-refractivity contribution in [2.45, 2.75) is 429 Å². The van der Waals surface area contributed by atoms with Gasteiger partial charge in [0, 0.05) is 36.6 Å². The van der Waals surface area contributed by atoms with Gasteiger partial charge in [0.25, 0.3) is 19.2 Å². The number of unbranched alkanes of at least 4 members (excludes halogenated alkanes) is 24. The number of aryl methyl sites for hydroxylation is 2. The van der Waals surface area contributed by atoms with Crippen molar-refractivity contribution in [3.05, 3.63) is 133 Å². The molecule has 5 atom stereocenters. The molecule has 806 valence electrons. The number of allylic oxidation sites excluding steroid dienone is 12. The molecule has 2 aromatic carbocycles. The Hall–Kier alpha value is -4.79. The fourth-order valence-electron chi connectivity index (χ4n) is 13.8. The summed E-state index contributed by atoms with van der Waals surface area (Å²) in [5.41, 5.74) is 2.02. The van der Waals surface area contributed by atoms with E-state index in [1.807, 2.05) is 97.7 Å². The van der Waals surface area contributed by atoms with E-state index in [9.17, 15) is 31.2 Å². The van der Waals surface area contributed by atoms with Gasteiger partial charge >= 0.3 is 17.9 Å². The van der Waals surface area contributed by atoms with E-state index < -0.39 is 42.8 Å². The predicted octanol–water partition coefficient (Wildman–Crippen LogP) is 25.2. The topological polar surface area (TPSA) is 305 Å². The third-order valence-corrected chi connectivity index (χ3v) is 24.4. The quantitative estimate of drug-likeness (QED) is 0.0135. The first-order valence-electron chi connectivity index (χ1n) is 52.1. The van der Waals surface area contributed by atoms with Gasteiger partial charge in [-0.05, 0) is 393 Å². The lowest BCUT2D eigenvalue weighted by Gasteiger charge is -2.19. The van der Waals surface area contributed by atoms with Crippen LogP contribution in [0.2, 0.25) is 0 Å². The molecule has 0 spiro atoms. The summed E-state index contributed by atoms with van der Waals surface area (Å²) in [6, 6.07) is 13.0. The van der Waals surface area contributed by atoms with Gasteiger partial charge in [-0.1, -0.05) is 168 Å². The molecule has 3 aliphatic heterocycles. The molecular formula is C110H200Cl2N4O20S2. The molecule has 3 heterocycles. The second kappa shape index (κ2) is 93.3. The number of benzene rings is 2. The van der Waals surface area contributed by atoms with E-state index >= 15 is 0 Å². The summed E-state index contributed by atoms with van der Waals surface area (Å²) in [6.45, 7) is 27.4. The Kier molecular flexibility index (Phi) is 94.3. The zero-order chi connectivity index (χ0) is 103. The Morgan fingerprint density at radius 1 is 0.442 bits per heavy atom. The summed E-state index contributed by atoms with van der Waals surface area (Å²) in [7, 11) is 13.9. The molecular weight excluding hydrogens is 1830 g/mol. The van der Waals surface area contributed by atoms with Crippen LogP contribution in [0.4, 0.5) is 0 Å². The fourth-order valence-corrected chi connectivity index (χ4v) is 15.5. The second-order valence-electron chi connectivity index (χ2n) is 38.0. The molecule has 0 unspecified atom stereocenters. The maximum Gasteiger partial charge on any atom is 0.306 e. The van der Waals surface area contributed by atoms with Gasteiger partial charge in [-0.15, -0.1) is 12.4 Å². The Labute approximate surface area is 852 Å². The SMILES string of the molecule is CC1(C)OC[C@H](CCCO)O1.CCCCC/C=C\CCCC/C=C\CCCCC(=O)O.CCCCC/C=C\CCCC/C=C\CCCCC(=O)OC[C@H](CCCN(C)C)OC(=O)CCCC/C=C\CCCC/C=C\CCCCC.CN(C)CCC[C@H](O)CO.CN(C)CCC[C@H]1COC(C)(C)O1.CNC.Cc1ccc(S(=O)(=O)Cl)cc1.Cc1ccc(S(=O)(=O)OCCC[C@H]2COC(C)(C)O2)cc1.Cl. The molecule has 0 saturated carbocycles. The van der Waals surface area contributed by atoms with Crippen molar-refractivity contribution >= 4 is 60.2 Å². The number of halogens is 2. The number of rotatable bonds is 68. The molecule has 2 aromatic rings. The smallest absolute Gasteiger partial charge is 0.306 e. The number of esters is 2. The van der Waals surface area contributed by atoms with Crippen LogP contribution in [0.25, 0.3) is 0 Å². The van der Waals surface area contributed by atoms with Crippen molar-refractivity contribution < 1.29 is 93.7 Å². The molecule has 0 aliphatic carbocycles. The highest BCUT2D eigenvalue weighted by molar-refractivity contribution is 8.13. The number of hydrogen-bond donors (Lipinski definition) is 5. The van der Waals surface area contributed by atoms with Crippen LogP contribution in [-0.2, 0) is 75.6 Å². The van der Waals surface area contributed by atoms with Gasteiger partial charge in [-0.2, -0.15) is 8.42 Å². The lowest BCUT2D eigenvalue weighted by molar-refractivity contribution is -0.159. The van der Waals surface area contributed by atoms with Gasteiger partial charge in [0.15, 0.2) is 17.4 Å². The first-order chi connectivity index (χ1) is 65.3. The van der Waals surface area contributed by atoms with E-state index in [4.69, 9.17) is 73.2 Å². The maximum absolute atomic E-state index is 12.6. The van der Waals surface area contributed by atoms with Crippen molar-refractivity contribution in [3.8, 4) is 0 Å². The molecule has 138 heavy (non-hydrogen) atoms. The minimum atomic E-state index is -3.67. The predicted molar refractivity (Wildman–Crippen MR) is 574 cm³/mol. The molecule has 0 bridgehead atoms. The van der Waals surface area contributed by atoms with E-state index in [0.29, 0.717) is 64.3 Å². The Morgan fingerprint density at radius 3 is 1.04 bits per heavy atom. The van der Waals surface area contributed by atoms with Gasteiger partial charge in [0.05, 0.1) is 67.2 Å². The van der Waals surface area contributed by atoms with Crippen LogP contribution in [0, 0.1) is 13.8 Å². The van der Waals surface area contributed by atoms with Crippen molar-refractivity contribution in [1.29, 1.82) is 0 Å². The van der Waals surface area contributed by atoms with Crippen LogP contribution >= 0.6 is 23.1 Å². The standard InChI is InChI=1S/C43H77NO4.C18H32O2.C15H22O5S.C10H21NO2.C8H16O3.C7H7ClO2S.C7H17NO2.C2H7N.ClH/c1-5-7-9-11-13-15-17-19-21-23-25-27-29-31-33-37-42(45)47-40-41(36-35-39-44(3)4)48-43(46)38-34-32-30-28-26-24-22-20-18-16-14-12-10-8-6-2;1-2-3-4-5-6-7-8-9-10-11-12-13-14-15-16-17-18(19)20;1-12-6-8-14(9-7-12)21(16,17)19-10-4-5-13-11-18-15(2,3)20-13;1-10(2)12-8-9(13-10)6-5-7-11(3)4;1-8(2)10-6-7(11-8)4-3-5-9;1-6-2-4-7(5-3-6)11(8,9)10;1-8(2)5-3-4-7(10)6-9;1-3-2;/h13-16,25-28,41H,5-12,17-24,29-40H2,1-4H3;6-7,12-13H,2-5,8-11,14-17H2,1H3,(H,19,20);6-9,13H,4-5,10-11H2,1-3H3;9H,5-8H2,1-4H3;7,9H,3-6H2,1-2H3;2-5H,1H3;7,9-10H,3-6H2,1-2H3;3H,1-2H3;1H/b15-13-,16-14-,27-25-,28-26-;7-6-,13-12-;;;;;;;/t41-;;13-;9-;7-;;7-;;/m0.000.0../s1. The number of nitrogens with one attached hydrogen (secondary N) is 1. The van der Waals surface area contributed by atoms with Gasteiger partial charge in [-0.3, -0.25) is 18.6 Å². The molecule has 28 heteroatoms. The number of aliphatic hydroxyl groups excluding tert-OH is 3. The Bertz CT molecular complexity index is 3560. The summed E-state index contributed by atoms with van der Waals surface area (Å²) >= 11 is 0. The number of ether oxygens (including phenoxy) is 8. The molecule has 24 nitrogen and oxygen atoms in total. The number of nitrogens with zero attached hydrogens (tertiary/aromatic N) is 3. The number of carboxylic acids is 1. The van der Waals surface area contributed by atoms with Gasteiger partial charge in [0.1, 0.15) is 12.7 Å². The highest BCUT2D eigenvalue weighted by Gasteiger charge is 2.34. The van der Waals surface area contributed by atoms with Crippen molar-refractivity contribution in [2.24, 2.45) is 0 Å². The number of aliphatic hydroxyl groups is 3. The van der Waals surface area contributed by atoms with E-state index in [2.05, 4.69) is 128 Å². The number of carboxylic acid groups (broad SMARTS) is 1. The molecule has 3 fully saturated rings. The lowest BCUT2D eigenvalue weighted by atomic mass is 10.1. The first kappa shape index (κ1) is 139. The molecule has 0 aromatic heterocycles. The molecule has 3 saturated heterocycles. The zero-order valence-corrected chi connectivity index (χ0v) is 93.0. The van der Waals surface area contributed by atoms with Crippen LogP contribution in [0.5, 0.6) is 0 Å². The number of aliphatic carboxylic acids is 1. The van der Waals surface area contributed by atoms with E-state index in [1.54, 1.807) is 36.4 Å². The van der Waals surface area contributed by atoms with E-state index in [1.165, 1.54) is 153 Å². The van der Waals surface area contributed by atoms with E-state index in [0.717, 1.165) is 147 Å². The van der Waals surface area contributed by atoms with Gasteiger partial charge in [-0.25, -0.2) is 8.42 Å². The third kappa shape index (κ3) is 96.0. The molecule has 3 aliphatic rings. The molecule has 0 amide bonds. The third-order valence-electron chi connectivity index (χ3n) is 21.7. The molecule has 0 radical (unpaired) electrons. The number of carbonyl (C=O) groups excluding carboxylic acids is 2.